The zero-order chi connectivity index (χ0) is 17.7. The Labute approximate surface area is 137 Å². The van der Waals surface area contributed by atoms with Crippen LogP contribution in [0.5, 0.6) is 11.5 Å². The van der Waals surface area contributed by atoms with Gasteiger partial charge in [0.1, 0.15) is 11.5 Å². The van der Waals surface area contributed by atoms with E-state index < -0.39 is 11.6 Å². The van der Waals surface area contributed by atoms with Crippen LogP contribution in [0.3, 0.4) is 0 Å². The first kappa shape index (κ1) is 17.4. The van der Waals surface area contributed by atoms with Crippen molar-refractivity contribution >= 4 is 11.9 Å². The van der Waals surface area contributed by atoms with Crippen molar-refractivity contribution in [1.82, 2.24) is 10.6 Å². The Kier molecular flexibility index (Phi) is 5.13. The quantitative estimate of drug-likeness (QED) is 0.728. The number of carbonyl (C=O) groups excluding carboxylic acids is 2. The minimum atomic E-state index is -1.21. The smallest absolute Gasteiger partial charge is 0.322 e. The molecule has 0 aliphatic carbocycles. The third-order valence-electron chi connectivity index (χ3n) is 3.67. The molecule has 4 rings (SSSR count). The number of urea groups is 1. The van der Waals surface area contributed by atoms with E-state index in [0.29, 0.717) is 37.0 Å². The number of nitrogens with one attached hydrogen (secondary N) is 2. The van der Waals surface area contributed by atoms with Crippen molar-refractivity contribution in [3.05, 3.63) is 59.7 Å². The summed E-state index contributed by atoms with van der Waals surface area (Å²) in [6.07, 6.45) is 0. The van der Waals surface area contributed by atoms with Crippen LogP contribution in [0.1, 0.15) is 11.1 Å². The Hall–Kier alpha value is -2.96. The molecule has 0 saturated carbocycles. The normalized spacial score (nSPS) is 15.3. The molecule has 3 amide bonds. The van der Waals surface area contributed by atoms with Gasteiger partial charge in [-0.2, -0.15) is 0 Å². The second-order valence-corrected chi connectivity index (χ2v) is 4.75. The van der Waals surface area contributed by atoms with Gasteiger partial charge >= 0.3 is 6.03 Å². The molecule has 2 heterocycles. The molecule has 5 nitrogen and oxygen atoms in total. The van der Waals surface area contributed by atoms with Crippen LogP contribution < -0.4 is 15.4 Å². The predicted molar refractivity (Wildman–Crippen MR) is 84.5 cm³/mol. The lowest BCUT2D eigenvalue weighted by molar-refractivity contribution is -0.123. The van der Waals surface area contributed by atoms with Crippen LogP contribution in [0.2, 0.25) is 0 Å². The average molecular weight is 334 g/mol. The monoisotopic (exact) mass is 334 g/mol. The molecule has 1 saturated heterocycles. The zero-order valence-electron chi connectivity index (χ0n) is 13.1. The first-order chi connectivity index (χ1) is 11.7. The summed E-state index contributed by atoms with van der Waals surface area (Å²) in [5.74, 6) is 0.762. The van der Waals surface area contributed by atoms with Crippen molar-refractivity contribution in [2.24, 2.45) is 0 Å². The van der Waals surface area contributed by atoms with Crippen molar-refractivity contribution in [1.29, 1.82) is 0 Å². The first-order valence-corrected chi connectivity index (χ1v) is 6.98. The number of benzene rings is 2. The van der Waals surface area contributed by atoms with Crippen molar-refractivity contribution in [2.45, 2.75) is 5.54 Å². The van der Waals surface area contributed by atoms with Gasteiger partial charge in [0, 0.05) is 11.1 Å². The number of hydrogen-bond donors (Lipinski definition) is 2. The number of amides is 3. The summed E-state index contributed by atoms with van der Waals surface area (Å²) >= 11 is 0. The summed E-state index contributed by atoms with van der Waals surface area (Å²) in [5, 5.41) is 5.07. The Balaban J connectivity index is 0.000000487. The van der Waals surface area contributed by atoms with Gasteiger partial charge in [0.2, 0.25) is 0 Å². The van der Waals surface area contributed by atoms with Gasteiger partial charge in [0.05, 0.1) is 14.4 Å². The van der Waals surface area contributed by atoms with Crippen molar-refractivity contribution in [2.75, 3.05) is 14.4 Å². The van der Waals surface area contributed by atoms with E-state index in [-0.39, 0.29) is 5.91 Å². The summed E-state index contributed by atoms with van der Waals surface area (Å²) in [6, 6.07) is 13.9. The third kappa shape index (κ3) is 2.47. The van der Waals surface area contributed by atoms with Crippen molar-refractivity contribution in [3.63, 3.8) is 0 Å². The van der Waals surface area contributed by atoms with Crippen LogP contribution in [0.25, 0.3) is 0 Å². The lowest BCUT2D eigenvalue weighted by atomic mass is 9.80. The largest absolute Gasteiger partial charge is 0.457 e. The maximum Gasteiger partial charge on any atom is 0.322 e. The molecule has 0 radical (unpaired) electrons. The zero-order valence-corrected chi connectivity index (χ0v) is 13.1. The number of alkyl halides is 2. The number of ether oxygens (including phenoxy) is 1. The Morgan fingerprint density at radius 1 is 0.833 bits per heavy atom. The molecule has 2 aliphatic heterocycles. The number of rotatable bonds is 0. The van der Waals surface area contributed by atoms with Crippen LogP contribution in [0.4, 0.5) is 13.6 Å². The summed E-state index contributed by atoms with van der Waals surface area (Å²) < 4.78 is 24.8. The maximum absolute atomic E-state index is 12.4. The van der Waals surface area contributed by atoms with Gasteiger partial charge in [-0.15, -0.1) is 0 Å². The van der Waals surface area contributed by atoms with E-state index in [4.69, 9.17) is 4.74 Å². The number of imide groups is 1. The second kappa shape index (κ2) is 7.08. The van der Waals surface area contributed by atoms with Crippen molar-refractivity contribution in [3.8, 4) is 11.5 Å². The number of carbonyl (C=O) groups is 2. The highest BCUT2D eigenvalue weighted by Gasteiger charge is 2.53. The fourth-order valence-electron chi connectivity index (χ4n) is 2.83. The molecule has 7 heteroatoms. The van der Waals surface area contributed by atoms with Crippen LogP contribution in [-0.4, -0.2) is 26.3 Å². The lowest BCUT2D eigenvalue weighted by Gasteiger charge is -2.34. The molecule has 2 aromatic rings. The summed E-state index contributed by atoms with van der Waals surface area (Å²) in [7, 11) is 1.00. The molecule has 0 unspecified atom stereocenters. The molecule has 2 aliphatic rings. The van der Waals surface area contributed by atoms with Gasteiger partial charge in [0.25, 0.3) is 5.91 Å². The first-order valence-electron chi connectivity index (χ1n) is 6.98. The summed E-state index contributed by atoms with van der Waals surface area (Å²) in [4.78, 5) is 24.1. The SMILES string of the molecule is CF.CF.O=C1NC(=O)C2(N1)c1ccccc1Oc1ccccc12. The molecule has 2 N–H and O–H groups in total. The standard InChI is InChI=1S/C15H10N2O3.2CH3F/c18-13-15(17-14(19)16-13)9-5-1-3-7-11(9)20-12-8-4-2-6-10(12)15;2*1-2/h1-8H,(H2,16,17,18,19);2*1H3. The maximum atomic E-state index is 12.4. The van der Waals surface area contributed by atoms with Crippen LogP contribution in [0, 0.1) is 0 Å². The molecule has 0 bridgehead atoms. The van der Waals surface area contributed by atoms with E-state index in [1.807, 2.05) is 24.3 Å². The van der Waals surface area contributed by atoms with Crippen molar-refractivity contribution < 1.29 is 23.1 Å². The van der Waals surface area contributed by atoms with Crippen LogP contribution in [-0.2, 0) is 10.3 Å². The third-order valence-corrected chi connectivity index (χ3v) is 3.67. The highest BCUT2D eigenvalue weighted by Crippen LogP contribution is 2.47. The predicted octanol–water partition coefficient (Wildman–Crippen LogP) is 3.05. The van der Waals surface area contributed by atoms with E-state index in [0.717, 1.165) is 0 Å². The molecule has 24 heavy (non-hydrogen) atoms. The number of para-hydroxylation sites is 2. The molecular weight excluding hydrogens is 318 g/mol. The van der Waals surface area contributed by atoms with Crippen LogP contribution in [0.15, 0.2) is 48.5 Å². The van der Waals surface area contributed by atoms with Gasteiger partial charge in [-0.05, 0) is 12.1 Å². The van der Waals surface area contributed by atoms with Gasteiger partial charge in [0.15, 0.2) is 5.54 Å². The fraction of sp³-hybridized carbons (Fsp3) is 0.176. The Bertz CT molecular complexity index is 720. The van der Waals surface area contributed by atoms with E-state index in [9.17, 15) is 18.4 Å². The topological polar surface area (TPSA) is 67.4 Å². The molecule has 0 aromatic heterocycles. The fourth-order valence-corrected chi connectivity index (χ4v) is 2.83. The van der Waals surface area contributed by atoms with Gasteiger partial charge in [-0.25, -0.2) is 4.79 Å². The van der Waals surface area contributed by atoms with Crippen LogP contribution >= 0.6 is 0 Å². The van der Waals surface area contributed by atoms with E-state index in [1.54, 1.807) is 24.3 Å². The molecule has 1 spiro atoms. The molecular formula is C17H16F2N2O3. The molecule has 126 valence electrons. The van der Waals surface area contributed by atoms with Gasteiger partial charge in [-0.3, -0.25) is 18.9 Å². The minimum absolute atomic E-state index is 0.384. The highest BCUT2D eigenvalue weighted by atomic mass is 19.1. The number of fused-ring (bicyclic) bond motifs is 4. The molecule has 1 fully saturated rings. The Morgan fingerprint density at radius 2 is 1.29 bits per heavy atom. The van der Waals surface area contributed by atoms with Gasteiger partial charge < -0.3 is 10.1 Å². The number of hydrogen-bond acceptors (Lipinski definition) is 3. The summed E-state index contributed by atoms with van der Waals surface area (Å²) in [5.41, 5.74) is 0.0757. The lowest BCUT2D eigenvalue weighted by Crippen LogP contribution is -2.46. The number of halogens is 2. The van der Waals surface area contributed by atoms with E-state index >= 15 is 0 Å². The van der Waals surface area contributed by atoms with E-state index in [1.165, 1.54) is 0 Å². The minimum Gasteiger partial charge on any atom is -0.457 e. The molecule has 0 atom stereocenters. The van der Waals surface area contributed by atoms with Gasteiger partial charge in [-0.1, -0.05) is 36.4 Å². The molecule has 2 aromatic carbocycles. The Morgan fingerprint density at radius 3 is 1.71 bits per heavy atom. The average Bonchev–Trinajstić information content (AvgIpc) is 2.94. The highest BCUT2D eigenvalue weighted by molar-refractivity contribution is 6.10. The summed E-state index contributed by atoms with van der Waals surface area (Å²) in [6.45, 7) is 0. The van der Waals surface area contributed by atoms with E-state index in [2.05, 4.69) is 10.6 Å². The second-order valence-electron chi connectivity index (χ2n) is 4.75.